The Hall–Kier alpha value is -1.02. The molecule has 0 aliphatic heterocycles. The summed E-state index contributed by atoms with van der Waals surface area (Å²) in [7, 11) is 2.16. The SMILES string of the molecule is Bc1cc(C)c(-c2c(C)cc(Br)cc2C)c(C)c1. The molecule has 0 radical (unpaired) electrons. The summed E-state index contributed by atoms with van der Waals surface area (Å²) in [5.41, 5.74) is 9.49. The van der Waals surface area contributed by atoms with Crippen LogP contribution in [0.4, 0.5) is 0 Å². The van der Waals surface area contributed by atoms with E-state index in [1.165, 1.54) is 38.8 Å². The predicted molar refractivity (Wildman–Crippen MR) is 86.7 cm³/mol. The van der Waals surface area contributed by atoms with Gasteiger partial charge in [-0.2, -0.15) is 0 Å². The normalized spacial score (nSPS) is 10.7. The molecule has 0 atom stereocenters. The van der Waals surface area contributed by atoms with Crippen molar-refractivity contribution >= 4 is 29.2 Å². The van der Waals surface area contributed by atoms with E-state index in [1.54, 1.807) is 0 Å². The van der Waals surface area contributed by atoms with Crippen LogP contribution in [-0.4, -0.2) is 7.85 Å². The second-order valence-corrected chi connectivity index (χ2v) is 6.10. The van der Waals surface area contributed by atoms with Gasteiger partial charge in [-0.3, -0.25) is 0 Å². The maximum Gasteiger partial charge on any atom is 0.139 e. The monoisotopic (exact) mass is 300 g/mol. The Morgan fingerprint density at radius 2 is 1.06 bits per heavy atom. The van der Waals surface area contributed by atoms with E-state index in [2.05, 4.69) is 75.7 Å². The molecule has 0 spiro atoms. The quantitative estimate of drug-likeness (QED) is 0.706. The molecule has 2 aromatic rings. The summed E-state index contributed by atoms with van der Waals surface area (Å²) in [6, 6.07) is 8.93. The minimum absolute atomic E-state index is 1.16. The van der Waals surface area contributed by atoms with Crippen LogP contribution < -0.4 is 5.46 Å². The van der Waals surface area contributed by atoms with Gasteiger partial charge in [-0.25, -0.2) is 0 Å². The number of halogens is 1. The molecule has 0 unspecified atom stereocenters. The zero-order valence-corrected chi connectivity index (χ0v) is 13.3. The van der Waals surface area contributed by atoms with Gasteiger partial charge in [0, 0.05) is 4.47 Å². The zero-order valence-electron chi connectivity index (χ0n) is 11.7. The highest BCUT2D eigenvalue weighted by Crippen LogP contribution is 2.34. The first-order valence-electron chi connectivity index (χ1n) is 6.25. The summed E-state index contributed by atoms with van der Waals surface area (Å²) in [6.07, 6.45) is 0. The Balaban J connectivity index is 2.78. The van der Waals surface area contributed by atoms with Gasteiger partial charge < -0.3 is 0 Å². The maximum absolute atomic E-state index is 3.57. The van der Waals surface area contributed by atoms with E-state index in [0.717, 1.165) is 4.47 Å². The fraction of sp³-hybridized carbons (Fsp3) is 0.250. The van der Waals surface area contributed by atoms with Crippen LogP contribution in [0.25, 0.3) is 11.1 Å². The van der Waals surface area contributed by atoms with Crippen LogP contribution in [-0.2, 0) is 0 Å². The van der Waals surface area contributed by atoms with Crippen LogP contribution in [0, 0.1) is 27.7 Å². The molecule has 0 aliphatic carbocycles. The Kier molecular flexibility index (Phi) is 3.67. The Labute approximate surface area is 119 Å². The predicted octanol–water partition coefficient (Wildman–Crippen LogP) is 3.61. The molecule has 18 heavy (non-hydrogen) atoms. The molecule has 0 aromatic heterocycles. The van der Waals surface area contributed by atoms with Crippen molar-refractivity contribution in [1.82, 2.24) is 0 Å². The number of hydrogen-bond donors (Lipinski definition) is 0. The Bertz CT molecular complexity index is 513. The lowest BCUT2D eigenvalue weighted by Crippen LogP contribution is -2.06. The van der Waals surface area contributed by atoms with Gasteiger partial charge in [-0.15, -0.1) is 0 Å². The molecule has 0 aliphatic rings. The minimum Gasteiger partial charge on any atom is -0.0884 e. The van der Waals surface area contributed by atoms with Crippen molar-refractivity contribution in [3.8, 4) is 11.1 Å². The van der Waals surface area contributed by atoms with Gasteiger partial charge in [0.05, 0.1) is 0 Å². The molecule has 2 heteroatoms. The van der Waals surface area contributed by atoms with Crippen LogP contribution in [0.15, 0.2) is 28.7 Å². The molecular formula is C16H18BBr. The smallest absolute Gasteiger partial charge is 0.0884 e. The summed E-state index contributed by atoms with van der Waals surface area (Å²) in [4.78, 5) is 0. The van der Waals surface area contributed by atoms with Gasteiger partial charge in [0.2, 0.25) is 0 Å². The van der Waals surface area contributed by atoms with E-state index in [1.807, 2.05) is 0 Å². The van der Waals surface area contributed by atoms with Crippen LogP contribution in [0.2, 0.25) is 0 Å². The van der Waals surface area contributed by atoms with Crippen molar-refractivity contribution in [1.29, 1.82) is 0 Å². The van der Waals surface area contributed by atoms with E-state index in [0.29, 0.717) is 0 Å². The van der Waals surface area contributed by atoms with E-state index in [-0.39, 0.29) is 0 Å². The first-order chi connectivity index (χ1) is 8.40. The minimum atomic E-state index is 1.16. The van der Waals surface area contributed by atoms with Gasteiger partial charge in [0.25, 0.3) is 0 Å². The molecule has 2 aromatic carbocycles. The number of hydrogen-bond acceptors (Lipinski definition) is 0. The Morgan fingerprint density at radius 3 is 1.44 bits per heavy atom. The van der Waals surface area contributed by atoms with Crippen molar-refractivity contribution in [2.75, 3.05) is 0 Å². The van der Waals surface area contributed by atoms with Crippen LogP contribution in [0.3, 0.4) is 0 Å². The van der Waals surface area contributed by atoms with Crippen molar-refractivity contribution in [3.05, 3.63) is 51.0 Å². The standard InChI is InChI=1S/C16H18BBr/c1-9-5-13(17)6-10(2)15(9)16-11(3)7-14(18)8-12(16)4/h5-8H,17H2,1-4H3. The van der Waals surface area contributed by atoms with Crippen LogP contribution in [0.5, 0.6) is 0 Å². The highest BCUT2D eigenvalue weighted by Gasteiger charge is 2.12. The van der Waals surface area contributed by atoms with Crippen molar-refractivity contribution in [2.45, 2.75) is 27.7 Å². The highest BCUT2D eigenvalue weighted by molar-refractivity contribution is 9.10. The fourth-order valence-electron chi connectivity index (χ4n) is 2.88. The molecule has 0 saturated carbocycles. The van der Waals surface area contributed by atoms with E-state index < -0.39 is 0 Å². The molecule has 0 saturated heterocycles. The summed E-state index contributed by atoms with van der Waals surface area (Å²) in [6.45, 7) is 8.78. The van der Waals surface area contributed by atoms with Crippen molar-refractivity contribution < 1.29 is 0 Å². The second kappa shape index (κ2) is 4.93. The number of aryl methyl sites for hydroxylation is 4. The lowest BCUT2D eigenvalue weighted by Gasteiger charge is -2.17. The van der Waals surface area contributed by atoms with Crippen molar-refractivity contribution in [3.63, 3.8) is 0 Å². The second-order valence-electron chi connectivity index (χ2n) is 5.19. The lowest BCUT2D eigenvalue weighted by atomic mass is 9.84. The van der Waals surface area contributed by atoms with Gasteiger partial charge in [-0.05, 0) is 73.2 Å². The zero-order chi connectivity index (χ0) is 13.4. The molecule has 0 bridgehead atoms. The number of rotatable bonds is 1. The third-order valence-corrected chi connectivity index (χ3v) is 3.88. The van der Waals surface area contributed by atoms with E-state index >= 15 is 0 Å². The van der Waals surface area contributed by atoms with E-state index in [9.17, 15) is 0 Å². The average molecular weight is 301 g/mol. The molecular weight excluding hydrogens is 283 g/mol. The highest BCUT2D eigenvalue weighted by atomic mass is 79.9. The molecule has 92 valence electrons. The molecule has 0 nitrogen and oxygen atoms in total. The third-order valence-electron chi connectivity index (χ3n) is 3.42. The summed E-state index contributed by atoms with van der Waals surface area (Å²) < 4.78 is 1.16. The first kappa shape index (κ1) is 13.4. The maximum atomic E-state index is 3.57. The first-order valence-corrected chi connectivity index (χ1v) is 7.04. The summed E-state index contributed by atoms with van der Waals surface area (Å²) in [5, 5.41) is 0. The van der Waals surface area contributed by atoms with Gasteiger partial charge >= 0.3 is 0 Å². The topological polar surface area (TPSA) is 0 Å². The van der Waals surface area contributed by atoms with Crippen LogP contribution >= 0.6 is 15.9 Å². The third kappa shape index (κ3) is 2.39. The van der Waals surface area contributed by atoms with Gasteiger partial charge in [0.1, 0.15) is 7.85 Å². The average Bonchev–Trinajstić information content (AvgIpc) is 2.20. The summed E-state index contributed by atoms with van der Waals surface area (Å²) >= 11 is 3.57. The van der Waals surface area contributed by atoms with Crippen LogP contribution in [0.1, 0.15) is 22.3 Å². The van der Waals surface area contributed by atoms with E-state index in [4.69, 9.17) is 0 Å². The molecule has 0 heterocycles. The number of benzene rings is 2. The van der Waals surface area contributed by atoms with Gasteiger partial charge in [-0.1, -0.05) is 33.5 Å². The molecule has 0 N–H and O–H groups in total. The molecule has 0 fully saturated rings. The van der Waals surface area contributed by atoms with Crippen molar-refractivity contribution in [2.24, 2.45) is 0 Å². The van der Waals surface area contributed by atoms with Gasteiger partial charge in [0.15, 0.2) is 0 Å². The Morgan fingerprint density at radius 1 is 0.722 bits per heavy atom. The molecule has 2 rings (SSSR count). The largest absolute Gasteiger partial charge is 0.139 e. The fourth-order valence-corrected chi connectivity index (χ4v) is 3.57. The molecule has 0 amide bonds. The summed E-state index contributed by atoms with van der Waals surface area (Å²) in [5.74, 6) is 0. The lowest BCUT2D eigenvalue weighted by molar-refractivity contribution is 1.31.